The van der Waals surface area contributed by atoms with Crippen LogP contribution in [0.25, 0.3) is 0 Å². The van der Waals surface area contributed by atoms with Crippen LogP contribution in [0.2, 0.25) is 0 Å². The van der Waals surface area contributed by atoms with E-state index in [1.807, 2.05) is 6.92 Å². The molecule has 2 N–H and O–H groups in total. The lowest BCUT2D eigenvalue weighted by molar-refractivity contribution is -0.127. The molecule has 2 rings (SSSR count). The van der Waals surface area contributed by atoms with Crippen molar-refractivity contribution in [3.63, 3.8) is 0 Å². The monoisotopic (exact) mass is 409 g/mol. The maximum Gasteiger partial charge on any atom is 0.253 e. The van der Waals surface area contributed by atoms with Gasteiger partial charge < -0.3 is 10.2 Å². The second-order valence-electron chi connectivity index (χ2n) is 7.32. The molecule has 28 heavy (non-hydrogen) atoms. The van der Waals surface area contributed by atoms with E-state index in [1.54, 1.807) is 24.0 Å². The highest BCUT2D eigenvalue weighted by atomic mass is 32.2. The van der Waals surface area contributed by atoms with Gasteiger partial charge in [0.05, 0.1) is 10.8 Å². The second kappa shape index (κ2) is 10.0. The Bertz CT molecular complexity index is 794. The van der Waals surface area contributed by atoms with Gasteiger partial charge in [-0.05, 0) is 44.4 Å². The van der Waals surface area contributed by atoms with E-state index in [0.717, 1.165) is 25.7 Å². The molecule has 1 aromatic rings. The van der Waals surface area contributed by atoms with Crippen molar-refractivity contribution in [3.05, 3.63) is 29.8 Å². The van der Waals surface area contributed by atoms with Crippen molar-refractivity contribution in [1.82, 2.24) is 14.9 Å². The van der Waals surface area contributed by atoms with Gasteiger partial charge in [-0.2, -0.15) is 0 Å². The Hall–Kier alpha value is -1.93. The summed E-state index contributed by atoms with van der Waals surface area (Å²) in [6.45, 7) is 6.97. The van der Waals surface area contributed by atoms with E-state index in [-0.39, 0.29) is 35.2 Å². The fraction of sp³-hybridized carbons (Fsp3) is 0.600. The van der Waals surface area contributed by atoms with E-state index in [0.29, 0.717) is 18.7 Å². The van der Waals surface area contributed by atoms with Crippen molar-refractivity contribution < 1.29 is 18.0 Å². The molecule has 2 atom stereocenters. The van der Waals surface area contributed by atoms with E-state index in [9.17, 15) is 18.0 Å². The molecular weight excluding hydrogens is 378 g/mol. The zero-order chi connectivity index (χ0) is 20.7. The highest BCUT2D eigenvalue weighted by Crippen LogP contribution is 2.20. The first-order chi connectivity index (χ1) is 13.3. The van der Waals surface area contributed by atoms with Gasteiger partial charge in [0, 0.05) is 31.2 Å². The molecule has 0 aliphatic carbocycles. The van der Waals surface area contributed by atoms with Crippen molar-refractivity contribution in [2.45, 2.75) is 57.4 Å². The Balaban J connectivity index is 2.09. The molecule has 7 nitrogen and oxygen atoms in total. The van der Waals surface area contributed by atoms with Gasteiger partial charge in [0.15, 0.2) is 0 Å². The van der Waals surface area contributed by atoms with Crippen LogP contribution in [0.3, 0.4) is 0 Å². The van der Waals surface area contributed by atoms with Crippen LogP contribution in [0, 0.1) is 5.92 Å². The fourth-order valence-electron chi connectivity index (χ4n) is 3.49. The number of benzene rings is 1. The molecule has 1 aromatic carbocycles. The van der Waals surface area contributed by atoms with Gasteiger partial charge in [0.1, 0.15) is 0 Å². The molecule has 0 unspecified atom stereocenters. The van der Waals surface area contributed by atoms with E-state index in [4.69, 9.17) is 0 Å². The average Bonchev–Trinajstić information content (AvgIpc) is 2.67. The predicted octanol–water partition coefficient (Wildman–Crippen LogP) is 2.14. The van der Waals surface area contributed by atoms with Gasteiger partial charge in [-0.15, -0.1) is 0 Å². The highest BCUT2D eigenvalue weighted by molar-refractivity contribution is 7.89. The van der Waals surface area contributed by atoms with Crippen LogP contribution in [0.4, 0.5) is 0 Å². The molecular formula is C20H31N3O4S. The molecule has 0 radical (unpaired) electrons. The summed E-state index contributed by atoms with van der Waals surface area (Å²) in [5.74, 6) is -0.486. The number of rotatable bonds is 8. The smallest absolute Gasteiger partial charge is 0.253 e. The van der Waals surface area contributed by atoms with Gasteiger partial charge in [-0.25, -0.2) is 13.1 Å². The number of amides is 2. The summed E-state index contributed by atoms with van der Waals surface area (Å²) in [6, 6.07) is 6.17. The van der Waals surface area contributed by atoms with Gasteiger partial charge in [-0.3, -0.25) is 9.59 Å². The fourth-order valence-corrected chi connectivity index (χ4v) is 4.58. The molecule has 2 amide bonds. The average molecular weight is 410 g/mol. The predicted molar refractivity (Wildman–Crippen MR) is 108 cm³/mol. The SMILES string of the molecule is CCC[C@@H](C)NC(=O)[C@H]1CCCN(C(=O)c2cccc(S(=O)(=O)NCC)c2)C1. The first-order valence-corrected chi connectivity index (χ1v) is 11.5. The minimum absolute atomic E-state index is 0.0121. The topological polar surface area (TPSA) is 95.6 Å². The van der Waals surface area contributed by atoms with Crippen molar-refractivity contribution >= 4 is 21.8 Å². The van der Waals surface area contributed by atoms with Crippen molar-refractivity contribution in [3.8, 4) is 0 Å². The Morgan fingerprint density at radius 3 is 2.71 bits per heavy atom. The van der Waals surface area contributed by atoms with Crippen molar-refractivity contribution in [1.29, 1.82) is 0 Å². The standard InChI is InChI=1S/C20H31N3O4S/c1-4-8-15(3)22-19(24)17-10-7-12-23(14-17)20(25)16-9-6-11-18(13-16)28(26,27)21-5-2/h6,9,11,13,15,17,21H,4-5,7-8,10,12,14H2,1-3H3,(H,22,24)/t15-,17+/m1/s1. The van der Waals surface area contributed by atoms with Crippen molar-refractivity contribution in [2.24, 2.45) is 5.92 Å². The van der Waals surface area contributed by atoms with Crippen LogP contribution >= 0.6 is 0 Å². The van der Waals surface area contributed by atoms with Crippen LogP contribution in [0.1, 0.15) is 56.8 Å². The normalized spacial score (nSPS) is 18.5. The van der Waals surface area contributed by atoms with Gasteiger partial charge >= 0.3 is 0 Å². The number of hydrogen-bond donors (Lipinski definition) is 2. The first kappa shape index (κ1) is 22.4. The number of sulfonamides is 1. The van der Waals surface area contributed by atoms with Crippen LogP contribution in [0.5, 0.6) is 0 Å². The minimum atomic E-state index is -3.63. The zero-order valence-corrected chi connectivity index (χ0v) is 17.7. The van der Waals surface area contributed by atoms with E-state index in [1.165, 1.54) is 12.1 Å². The Labute approximate surface area is 167 Å². The van der Waals surface area contributed by atoms with Gasteiger partial charge in [0.2, 0.25) is 15.9 Å². The summed E-state index contributed by atoms with van der Waals surface area (Å²) in [7, 11) is -3.63. The van der Waals surface area contributed by atoms with Crippen molar-refractivity contribution in [2.75, 3.05) is 19.6 Å². The molecule has 1 fully saturated rings. The van der Waals surface area contributed by atoms with Crippen LogP contribution in [-0.4, -0.2) is 50.8 Å². The molecule has 1 aliphatic heterocycles. The van der Waals surface area contributed by atoms with Gasteiger partial charge in [0.25, 0.3) is 5.91 Å². The number of piperidine rings is 1. The van der Waals surface area contributed by atoms with Crippen LogP contribution in [-0.2, 0) is 14.8 Å². The highest BCUT2D eigenvalue weighted by Gasteiger charge is 2.29. The molecule has 0 bridgehead atoms. The van der Waals surface area contributed by atoms with E-state index in [2.05, 4.69) is 17.0 Å². The molecule has 1 heterocycles. The molecule has 156 valence electrons. The zero-order valence-electron chi connectivity index (χ0n) is 16.9. The lowest BCUT2D eigenvalue weighted by Crippen LogP contribution is -2.47. The number of carbonyl (C=O) groups is 2. The number of nitrogens with zero attached hydrogens (tertiary/aromatic N) is 1. The minimum Gasteiger partial charge on any atom is -0.353 e. The van der Waals surface area contributed by atoms with E-state index < -0.39 is 10.0 Å². The third kappa shape index (κ3) is 5.78. The molecule has 0 spiro atoms. The van der Waals surface area contributed by atoms with Gasteiger partial charge in [-0.1, -0.05) is 26.3 Å². The second-order valence-corrected chi connectivity index (χ2v) is 9.08. The van der Waals surface area contributed by atoms with E-state index >= 15 is 0 Å². The Morgan fingerprint density at radius 1 is 1.29 bits per heavy atom. The number of likely N-dealkylation sites (tertiary alicyclic amines) is 1. The third-order valence-electron chi connectivity index (χ3n) is 4.92. The molecule has 0 saturated carbocycles. The summed E-state index contributed by atoms with van der Waals surface area (Å²) in [6.07, 6.45) is 3.43. The summed E-state index contributed by atoms with van der Waals surface area (Å²) in [5, 5.41) is 3.03. The van der Waals surface area contributed by atoms with Crippen LogP contribution in [0.15, 0.2) is 29.2 Å². The lowest BCUT2D eigenvalue weighted by atomic mass is 9.96. The number of hydrogen-bond acceptors (Lipinski definition) is 4. The molecule has 8 heteroatoms. The summed E-state index contributed by atoms with van der Waals surface area (Å²) in [4.78, 5) is 27.1. The number of carbonyl (C=O) groups excluding carboxylic acids is 2. The molecule has 1 saturated heterocycles. The first-order valence-electron chi connectivity index (χ1n) is 9.97. The summed E-state index contributed by atoms with van der Waals surface area (Å²) >= 11 is 0. The maximum atomic E-state index is 12.9. The number of nitrogens with one attached hydrogen (secondary N) is 2. The third-order valence-corrected chi connectivity index (χ3v) is 6.46. The molecule has 0 aromatic heterocycles. The Morgan fingerprint density at radius 2 is 2.04 bits per heavy atom. The largest absolute Gasteiger partial charge is 0.353 e. The Kier molecular flexibility index (Phi) is 8.00. The summed E-state index contributed by atoms with van der Waals surface area (Å²) < 4.78 is 26.8. The van der Waals surface area contributed by atoms with Crippen LogP contribution < -0.4 is 10.0 Å². The summed E-state index contributed by atoms with van der Waals surface area (Å²) in [5.41, 5.74) is 0.319. The quantitative estimate of drug-likeness (QED) is 0.688. The lowest BCUT2D eigenvalue weighted by Gasteiger charge is -2.32. The molecule has 1 aliphatic rings. The maximum absolute atomic E-state index is 12.9.